The van der Waals surface area contributed by atoms with Gasteiger partial charge >= 0.3 is 0 Å². The van der Waals surface area contributed by atoms with Gasteiger partial charge in [0.1, 0.15) is 60.2 Å². The molecule has 0 radical (unpaired) electrons. The predicted molar refractivity (Wildman–Crippen MR) is 322 cm³/mol. The van der Waals surface area contributed by atoms with Gasteiger partial charge in [-0.15, -0.1) is 11.3 Å². The van der Waals surface area contributed by atoms with E-state index in [2.05, 4.69) is 15.0 Å². The summed E-state index contributed by atoms with van der Waals surface area (Å²) in [6.45, 7) is 13.5. The second kappa shape index (κ2) is 35.8. The Hall–Kier alpha value is -8.53. The number of oxazole rings is 2. The van der Waals surface area contributed by atoms with Gasteiger partial charge in [-0.3, -0.25) is 9.59 Å². The number of benzene rings is 6. The zero-order valence-corrected chi connectivity index (χ0v) is 43.8. The number of aromatic nitrogens is 3. The zero-order chi connectivity index (χ0) is 54.3. The van der Waals surface area contributed by atoms with E-state index in [1.807, 2.05) is 130 Å². The van der Waals surface area contributed by atoms with Crippen LogP contribution in [0.1, 0.15) is 142 Å². The Bertz CT molecular complexity index is 3130. The summed E-state index contributed by atoms with van der Waals surface area (Å²) in [4.78, 5) is 34.3. The molecule has 0 saturated carbocycles. The van der Waals surface area contributed by atoms with Crippen LogP contribution in [0.4, 0.5) is 0 Å². The number of carbonyl (C=O) groups is 2. The Labute approximate surface area is 478 Å². The molecule has 0 fully saturated rings. The molecule has 9 rings (SSSR count). The summed E-state index contributed by atoms with van der Waals surface area (Å²) in [5, 5.41) is 50.6. The van der Waals surface area contributed by atoms with Crippen LogP contribution in [0.5, 0.6) is 34.5 Å². The Morgan fingerprint density at radius 2 is 1.11 bits per heavy atom. The third-order valence-corrected chi connectivity index (χ3v) is 11.9. The van der Waals surface area contributed by atoms with Gasteiger partial charge in [-0.25, -0.2) is 15.0 Å². The number of aliphatic hydroxyl groups is 1. The second-order valence-electron chi connectivity index (χ2n) is 17.6. The summed E-state index contributed by atoms with van der Waals surface area (Å²) < 4.78 is 21.6. The van der Waals surface area contributed by atoms with Gasteiger partial charge in [0.2, 0.25) is 0 Å². The van der Waals surface area contributed by atoms with E-state index in [1.165, 1.54) is 31.4 Å². The lowest BCUT2D eigenvalue weighted by molar-refractivity contribution is 0.0538. The highest BCUT2D eigenvalue weighted by molar-refractivity contribution is 7.09. The number of nitrogens with zero attached hydrogens (tertiary/aromatic N) is 3. The molecule has 9 aromatic rings. The summed E-state index contributed by atoms with van der Waals surface area (Å²) in [7, 11) is 0. The first-order chi connectivity index (χ1) is 35.9. The number of aromatic hydroxyl groups is 4. The highest BCUT2D eigenvalue weighted by Crippen LogP contribution is 2.35. The fourth-order valence-electron chi connectivity index (χ4n) is 7.22. The van der Waals surface area contributed by atoms with Crippen LogP contribution >= 0.6 is 11.3 Å². The predicted octanol–water partition coefficient (Wildman–Crippen LogP) is 16.2. The number of hydrogen-bond donors (Lipinski definition) is 5. The van der Waals surface area contributed by atoms with Crippen molar-refractivity contribution >= 4 is 22.9 Å². The van der Waals surface area contributed by atoms with E-state index in [1.54, 1.807) is 62.2 Å². The second-order valence-corrected chi connectivity index (χ2v) is 18.5. The van der Waals surface area contributed by atoms with Crippen molar-refractivity contribution in [3.05, 3.63) is 231 Å². The van der Waals surface area contributed by atoms with E-state index in [0.29, 0.717) is 43.3 Å². The van der Waals surface area contributed by atoms with E-state index in [4.69, 9.17) is 28.5 Å². The van der Waals surface area contributed by atoms with Crippen LogP contribution in [0.25, 0.3) is 0 Å². The smallest absolute Gasteiger partial charge is 0.194 e. The number of aryl methyl sites for hydroxylation is 3. The van der Waals surface area contributed by atoms with E-state index < -0.39 is 5.60 Å². The minimum absolute atomic E-state index is 0. The van der Waals surface area contributed by atoms with Crippen molar-refractivity contribution in [2.75, 3.05) is 0 Å². The SMILES string of the molecule is C.C.C.C.C.CC(=O)c1ccc(C)cc1OCc1ccccc1.CC(=O)c1ccc(O)cc1O.CC(Cc1ncco1)c1ccc(O)cc1O.Cc1ccc(C(C)(O)Cc2nccs2)c(OCc2ccccc2)c1.Cc1ncco1. The van der Waals surface area contributed by atoms with E-state index >= 15 is 0 Å². The van der Waals surface area contributed by atoms with Gasteiger partial charge in [0.05, 0.1) is 34.1 Å². The molecule has 80 heavy (non-hydrogen) atoms. The molecule has 3 heterocycles. The quantitative estimate of drug-likeness (QED) is 0.0640. The highest BCUT2D eigenvalue weighted by Gasteiger charge is 2.28. The summed E-state index contributed by atoms with van der Waals surface area (Å²) in [6.07, 6.45) is 9.14. The number of phenols is 4. The van der Waals surface area contributed by atoms with Gasteiger partial charge < -0.3 is 43.8 Å². The van der Waals surface area contributed by atoms with Gasteiger partial charge in [-0.1, -0.05) is 129 Å². The summed E-state index contributed by atoms with van der Waals surface area (Å²) >= 11 is 1.55. The lowest BCUT2D eigenvalue weighted by Gasteiger charge is -2.26. The lowest BCUT2D eigenvalue weighted by Crippen LogP contribution is -2.25. The van der Waals surface area contributed by atoms with Crippen LogP contribution in [0.2, 0.25) is 0 Å². The number of rotatable bonds is 14. The normalized spacial score (nSPS) is 10.8. The molecule has 0 aliphatic carbocycles. The molecule has 2 unspecified atom stereocenters. The van der Waals surface area contributed by atoms with Gasteiger partial charge in [0.15, 0.2) is 23.3 Å². The van der Waals surface area contributed by atoms with Gasteiger partial charge in [-0.2, -0.15) is 0 Å². The molecule has 5 N–H and O–H groups in total. The van der Waals surface area contributed by atoms with Crippen LogP contribution in [-0.4, -0.2) is 52.1 Å². The number of Topliss-reactive ketones (excluding diaryl/α,β-unsaturated/α-hetero) is 2. The summed E-state index contributed by atoms with van der Waals surface area (Å²) in [5.41, 5.74) is 5.78. The topological polar surface area (TPSA) is 219 Å². The van der Waals surface area contributed by atoms with Crippen molar-refractivity contribution in [2.45, 2.75) is 123 Å². The third kappa shape index (κ3) is 23.6. The number of phenolic OH excluding ortho intramolecular Hbond substituents is 4. The first kappa shape index (κ1) is 71.5. The van der Waals surface area contributed by atoms with Crippen molar-refractivity contribution in [3.63, 3.8) is 0 Å². The molecule has 3 aromatic heterocycles. The first-order valence-electron chi connectivity index (χ1n) is 23.8. The van der Waals surface area contributed by atoms with E-state index in [-0.39, 0.29) is 83.2 Å². The third-order valence-electron chi connectivity index (χ3n) is 11.1. The van der Waals surface area contributed by atoms with Crippen LogP contribution in [0.3, 0.4) is 0 Å². The average molecular weight is 1110 g/mol. The van der Waals surface area contributed by atoms with Crippen LogP contribution < -0.4 is 9.47 Å². The Kier molecular flexibility index (Phi) is 32.0. The average Bonchev–Trinajstić information content (AvgIpc) is 4.20. The fraction of sp³-hybridized carbons (Fsp3) is 0.277. The number of carbonyl (C=O) groups excluding carboxylic acids is 2. The molecule has 0 bridgehead atoms. The van der Waals surface area contributed by atoms with Crippen molar-refractivity contribution in [1.82, 2.24) is 15.0 Å². The number of ketones is 2. The van der Waals surface area contributed by atoms with Crippen molar-refractivity contribution < 1.29 is 53.4 Å². The molecule has 0 spiro atoms. The first-order valence-corrected chi connectivity index (χ1v) is 24.7. The van der Waals surface area contributed by atoms with Crippen molar-refractivity contribution in [3.8, 4) is 34.5 Å². The Morgan fingerprint density at radius 3 is 1.59 bits per heavy atom. The standard InChI is InChI=1S/C20H21NO2S.C16H16O2.C12H13NO3.C8H8O3.C4H5NO.5CH4/c1-15-8-9-17(20(2,22)13-19-21-10-11-24-19)18(12-15)23-14-16-6-4-3-5-7-16;1-12-8-9-15(13(2)17)16(10-12)18-11-14-6-4-3-5-7-14;1-8(6-12-13-4-5-16-12)10-3-2-9(14)7-11(10)15;1-5(9)7-3-2-6(10)4-8(7)11;1-4-5-2-3-6-4;;;;;/h3-12,22H,13-14H2,1-2H3;3-10H,11H2,1-2H3;2-5,7-8,14-15H,6H2,1H3;2-4,10-11H,1H3;2-3H,1H3;5*1H4. The molecule has 14 nitrogen and oxygen atoms in total. The molecular formula is C65H83N3O11S. The minimum atomic E-state index is -1.03. The lowest BCUT2D eigenvalue weighted by atomic mass is 9.91. The molecule has 2 atom stereocenters. The highest BCUT2D eigenvalue weighted by atomic mass is 32.1. The minimum Gasteiger partial charge on any atom is -0.508 e. The van der Waals surface area contributed by atoms with E-state index in [0.717, 1.165) is 56.1 Å². The van der Waals surface area contributed by atoms with Crippen LogP contribution in [0, 0.1) is 20.8 Å². The molecule has 0 amide bonds. The molecule has 430 valence electrons. The van der Waals surface area contributed by atoms with Crippen LogP contribution in [0.15, 0.2) is 179 Å². The van der Waals surface area contributed by atoms with E-state index in [9.17, 15) is 24.9 Å². The molecule has 0 aliphatic heterocycles. The monoisotopic (exact) mass is 1110 g/mol. The van der Waals surface area contributed by atoms with Gasteiger partial charge in [-0.05, 0) is 105 Å². The number of thiazole rings is 1. The van der Waals surface area contributed by atoms with Gasteiger partial charge in [0.25, 0.3) is 0 Å². The summed E-state index contributed by atoms with van der Waals surface area (Å²) in [6, 6.07) is 40.0. The maximum Gasteiger partial charge on any atom is 0.194 e. The fourth-order valence-corrected chi connectivity index (χ4v) is 7.99. The maximum atomic E-state index is 11.5. The number of ether oxygens (including phenoxy) is 2. The van der Waals surface area contributed by atoms with Crippen molar-refractivity contribution in [1.29, 1.82) is 0 Å². The molecular weight excluding hydrogens is 1030 g/mol. The Morgan fingerprint density at radius 1 is 0.600 bits per heavy atom. The van der Waals surface area contributed by atoms with Crippen molar-refractivity contribution in [2.24, 2.45) is 0 Å². The number of hydrogen-bond acceptors (Lipinski definition) is 15. The molecule has 0 saturated heterocycles. The largest absolute Gasteiger partial charge is 0.508 e. The zero-order valence-electron chi connectivity index (χ0n) is 43.0. The van der Waals surface area contributed by atoms with Gasteiger partial charge in [0, 0.05) is 49.0 Å². The van der Waals surface area contributed by atoms with Crippen LogP contribution in [-0.2, 0) is 31.7 Å². The molecule has 6 aromatic carbocycles. The summed E-state index contributed by atoms with van der Waals surface area (Å²) in [5.74, 6) is 2.55. The molecule has 15 heteroatoms. The Balaban J connectivity index is 0.00000101. The molecule has 0 aliphatic rings. The maximum absolute atomic E-state index is 11.5.